The van der Waals surface area contributed by atoms with Gasteiger partial charge >= 0.3 is 0 Å². The summed E-state index contributed by atoms with van der Waals surface area (Å²) in [5.41, 5.74) is -0.490. The zero-order valence-electron chi connectivity index (χ0n) is 13.4. The van der Waals surface area contributed by atoms with Crippen LogP contribution in [0.5, 0.6) is 0 Å². The Labute approximate surface area is 113 Å². The van der Waals surface area contributed by atoms with Gasteiger partial charge in [0.05, 0.1) is 29.5 Å². The molecule has 0 spiro atoms. The lowest BCUT2D eigenvalue weighted by molar-refractivity contribution is -0.128. The maximum absolute atomic E-state index is 9.45. The topological polar surface area (TPSA) is 38.7 Å². The molecule has 0 rings (SSSR count). The van der Waals surface area contributed by atoms with E-state index >= 15 is 0 Å². The summed E-state index contributed by atoms with van der Waals surface area (Å²) in [7, 11) is 0. The number of rotatable bonds is 8. The van der Waals surface area contributed by atoms with Gasteiger partial charge in [-0.1, -0.05) is 0 Å². The monoisotopic (exact) mass is 260 g/mol. The van der Waals surface area contributed by atoms with Crippen molar-refractivity contribution in [2.45, 2.75) is 97.7 Å². The molecule has 2 unspecified atom stereocenters. The molecule has 1 N–H and O–H groups in total. The van der Waals surface area contributed by atoms with Crippen LogP contribution in [0.15, 0.2) is 0 Å². The van der Waals surface area contributed by atoms with Crippen molar-refractivity contribution in [1.82, 2.24) is 0 Å². The molecule has 3 heteroatoms. The number of aliphatic hydroxyl groups is 1. The second-order valence-corrected chi connectivity index (χ2v) is 6.87. The molecule has 0 aromatic carbocycles. The van der Waals surface area contributed by atoms with E-state index in [0.29, 0.717) is 6.42 Å². The van der Waals surface area contributed by atoms with E-state index in [1.807, 2.05) is 27.7 Å². The molecule has 0 fully saturated rings. The minimum Gasteiger partial charge on any atom is -0.393 e. The van der Waals surface area contributed by atoms with Crippen LogP contribution in [0.25, 0.3) is 0 Å². The number of ether oxygens (including phenoxy) is 2. The SMILES string of the molecule is CC(O)CC(C)(C)OC(C)CC(C)(C)OC(C)C. The van der Waals surface area contributed by atoms with Gasteiger partial charge in [-0.2, -0.15) is 0 Å². The Balaban J connectivity index is 4.28. The first-order chi connectivity index (χ1) is 7.93. The van der Waals surface area contributed by atoms with Gasteiger partial charge in [-0.05, 0) is 55.4 Å². The Morgan fingerprint density at radius 1 is 0.833 bits per heavy atom. The lowest BCUT2D eigenvalue weighted by Crippen LogP contribution is -2.38. The summed E-state index contributed by atoms with van der Waals surface area (Å²) in [6, 6.07) is 0. The number of hydrogen-bond donors (Lipinski definition) is 1. The Morgan fingerprint density at radius 3 is 1.67 bits per heavy atom. The molecule has 0 bridgehead atoms. The minimum atomic E-state index is -0.341. The summed E-state index contributed by atoms with van der Waals surface area (Å²) in [6.45, 7) is 16.2. The molecule has 0 radical (unpaired) electrons. The van der Waals surface area contributed by atoms with E-state index in [4.69, 9.17) is 9.47 Å². The highest BCUT2D eigenvalue weighted by atomic mass is 16.5. The van der Waals surface area contributed by atoms with Crippen molar-refractivity contribution >= 4 is 0 Å². The predicted octanol–water partition coefficient (Wildman–Crippen LogP) is 3.53. The molecular weight excluding hydrogens is 228 g/mol. The third kappa shape index (κ3) is 8.90. The first kappa shape index (κ1) is 17.9. The van der Waals surface area contributed by atoms with Crippen molar-refractivity contribution in [2.24, 2.45) is 0 Å². The number of hydrogen-bond acceptors (Lipinski definition) is 3. The van der Waals surface area contributed by atoms with Crippen LogP contribution in [0.3, 0.4) is 0 Å². The van der Waals surface area contributed by atoms with Gasteiger partial charge in [0.1, 0.15) is 0 Å². The fourth-order valence-corrected chi connectivity index (χ4v) is 2.72. The van der Waals surface area contributed by atoms with Crippen molar-refractivity contribution in [1.29, 1.82) is 0 Å². The highest BCUT2D eigenvalue weighted by Gasteiger charge is 2.28. The Hall–Kier alpha value is -0.120. The molecule has 18 heavy (non-hydrogen) atoms. The highest BCUT2D eigenvalue weighted by molar-refractivity contribution is 4.78. The zero-order valence-corrected chi connectivity index (χ0v) is 13.4. The largest absolute Gasteiger partial charge is 0.393 e. The van der Waals surface area contributed by atoms with Crippen molar-refractivity contribution in [2.75, 3.05) is 0 Å². The van der Waals surface area contributed by atoms with Gasteiger partial charge in [0.25, 0.3) is 0 Å². The fraction of sp³-hybridized carbons (Fsp3) is 1.00. The van der Waals surface area contributed by atoms with E-state index in [9.17, 15) is 5.11 Å². The normalized spacial score (nSPS) is 17.0. The van der Waals surface area contributed by atoms with Crippen LogP contribution < -0.4 is 0 Å². The number of aliphatic hydroxyl groups excluding tert-OH is 1. The first-order valence-electron chi connectivity index (χ1n) is 6.97. The van der Waals surface area contributed by atoms with Gasteiger partial charge in [-0.15, -0.1) is 0 Å². The second-order valence-electron chi connectivity index (χ2n) is 6.87. The van der Waals surface area contributed by atoms with Crippen LogP contribution in [0.4, 0.5) is 0 Å². The maximum Gasteiger partial charge on any atom is 0.0654 e. The van der Waals surface area contributed by atoms with E-state index in [1.165, 1.54) is 0 Å². The summed E-state index contributed by atoms with van der Waals surface area (Å²) < 4.78 is 11.9. The Morgan fingerprint density at radius 2 is 1.28 bits per heavy atom. The summed E-state index contributed by atoms with van der Waals surface area (Å²) in [6.07, 6.45) is 1.47. The second kappa shape index (κ2) is 6.88. The summed E-state index contributed by atoms with van der Waals surface area (Å²) in [4.78, 5) is 0. The molecule has 0 saturated heterocycles. The molecule has 3 nitrogen and oxygen atoms in total. The molecular formula is C15H32O3. The Kier molecular flexibility index (Phi) is 6.83. The smallest absolute Gasteiger partial charge is 0.0654 e. The van der Waals surface area contributed by atoms with E-state index in [1.54, 1.807) is 6.92 Å². The average molecular weight is 260 g/mol. The summed E-state index contributed by atoms with van der Waals surface area (Å²) >= 11 is 0. The molecule has 110 valence electrons. The standard InChI is InChI=1S/C15H32O3/c1-11(2)17-15(7,8)10-13(4)18-14(5,6)9-12(3)16/h11-13,16H,9-10H2,1-8H3. The van der Waals surface area contributed by atoms with Crippen LogP contribution >= 0.6 is 0 Å². The molecule has 2 atom stereocenters. The summed E-state index contributed by atoms with van der Waals surface area (Å²) in [5, 5.41) is 9.45. The molecule has 0 aromatic rings. The van der Waals surface area contributed by atoms with Crippen molar-refractivity contribution < 1.29 is 14.6 Å². The van der Waals surface area contributed by atoms with Crippen molar-refractivity contribution in [3.05, 3.63) is 0 Å². The Bertz CT molecular complexity index is 208. The molecule has 0 heterocycles. The van der Waals surface area contributed by atoms with Crippen LogP contribution in [-0.4, -0.2) is 34.6 Å². The molecule has 0 aliphatic rings. The molecule has 0 saturated carbocycles. The van der Waals surface area contributed by atoms with Gasteiger partial charge in [-0.25, -0.2) is 0 Å². The predicted molar refractivity (Wildman–Crippen MR) is 75.8 cm³/mol. The minimum absolute atomic E-state index is 0.104. The van der Waals surface area contributed by atoms with Crippen LogP contribution in [0.1, 0.15) is 68.2 Å². The van der Waals surface area contributed by atoms with Gasteiger partial charge < -0.3 is 14.6 Å². The van der Waals surface area contributed by atoms with Gasteiger partial charge in [-0.3, -0.25) is 0 Å². The van der Waals surface area contributed by atoms with E-state index < -0.39 is 0 Å². The first-order valence-corrected chi connectivity index (χ1v) is 6.97. The third-order valence-corrected chi connectivity index (χ3v) is 2.64. The lowest BCUT2D eigenvalue weighted by Gasteiger charge is -2.35. The van der Waals surface area contributed by atoms with Crippen LogP contribution in [0, 0.1) is 0 Å². The molecule has 0 amide bonds. The fourth-order valence-electron chi connectivity index (χ4n) is 2.72. The average Bonchev–Trinajstić information content (AvgIpc) is 1.92. The molecule has 0 aliphatic heterocycles. The maximum atomic E-state index is 9.45. The van der Waals surface area contributed by atoms with Gasteiger partial charge in [0, 0.05) is 12.8 Å². The van der Waals surface area contributed by atoms with Crippen LogP contribution in [-0.2, 0) is 9.47 Å². The highest BCUT2D eigenvalue weighted by Crippen LogP contribution is 2.25. The van der Waals surface area contributed by atoms with Crippen LogP contribution in [0.2, 0.25) is 0 Å². The van der Waals surface area contributed by atoms with Crippen molar-refractivity contribution in [3.63, 3.8) is 0 Å². The van der Waals surface area contributed by atoms with Crippen molar-refractivity contribution in [3.8, 4) is 0 Å². The van der Waals surface area contributed by atoms with Gasteiger partial charge in [0.15, 0.2) is 0 Å². The van der Waals surface area contributed by atoms with Gasteiger partial charge in [0.2, 0.25) is 0 Å². The zero-order chi connectivity index (χ0) is 14.6. The van der Waals surface area contributed by atoms with E-state index in [-0.39, 0.29) is 29.5 Å². The molecule has 0 aliphatic carbocycles. The summed E-state index contributed by atoms with van der Waals surface area (Å²) in [5.74, 6) is 0. The van der Waals surface area contributed by atoms with E-state index in [0.717, 1.165) is 6.42 Å². The lowest BCUT2D eigenvalue weighted by atomic mass is 9.98. The molecule has 0 aromatic heterocycles. The van der Waals surface area contributed by atoms with E-state index in [2.05, 4.69) is 20.8 Å². The third-order valence-electron chi connectivity index (χ3n) is 2.64. The quantitative estimate of drug-likeness (QED) is 0.725.